The van der Waals surface area contributed by atoms with Gasteiger partial charge < -0.3 is 10.0 Å². The zero-order valence-corrected chi connectivity index (χ0v) is 10.0. The number of rotatable bonds is 3. The van der Waals surface area contributed by atoms with Crippen LogP contribution in [0.3, 0.4) is 0 Å². The first-order chi connectivity index (χ1) is 7.74. The summed E-state index contributed by atoms with van der Waals surface area (Å²) in [6, 6.07) is 7.94. The van der Waals surface area contributed by atoms with E-state index >= 15 is 0 Å². The normalized spacial score (nSPS) is 20.5. The molecule has 1 aromatic carbocycles. The summed E-state index contributed by atoms with van der Waals surface area (Å²) in [6.07, 6.45) is 2.47. The Labute approximate surface area is 99.5 Å². The second-order valence-electron chi connectivity index (χ2n) is 3.96. The van der Waals surface area contributed by atoms with E-state index in [0.29, 0.717) is 13.0 Å². The number of benzene rings is 1. The predicted molar refractivity (Wildman–Crippen MR) is 65.8 cm³/mol. The average molecular weight is 237 g/mol. The molecule has 1 unspecified atom stereocenters. The molecule has 0 saturated carbocycles. The van der Waals surface area contributed by atoms with Crippen LogP contribution in [0.1, 0.15) is 6.42 Å². The van der Waals surface area contributed by atoms with E-state index in [0.717, 1.165) is 10.6 Å². The van der Waals surface area contributed by atoms with E-state index in [2.05, 4.69) is 0 Å². The van der Waals surface area contributed by atoms with Crippen LogP contribution in [0.4, 0.5) is 5.69 Å². The van der Waals surface area contributed by atoms with Crippen molar-refractivity contribution in [2.24, 2.45) is 5.92 Å². The van der Waals surface area contributed by atoms with Gasteiger partial charge >= 0.3 is 0 Å². The lowest BCUT2D eigenvalue weighted by Gasteiger charge is -2.17. The lowest BCUT2D eigenvalue weighted by atomic mass is 10.1. The van der Waals surface area contributed by atoms with Crippen LogP contribution in [-0.4, -0.2) is 30.4 Å². The number of nitrogens with zero attached hydrogens (tertiary/aromatic N) is 1. The Balaban J connectivity index is 2.20. The highest BCUT2D eigenvalue weighted by atomic mass is 32.2. The highest BCUT2D eigenvalue weighted by molar-refractivity contribution is 7.98. The molecule has 0 spiro atoms. The van der Waals surface area contributed by atoms with E-state index in [-0.39, 0.29) is 18.4 Å². The molecular formula is C12H15NO2S. The first-order valence-corrected chi connectivity index (χ1v) is 6.52. The molecule has 1 amide bonds. The Morgan fingerprint density at radius 1 is 1.56 bits per heavy atom. The molecule has 0 aromatic heterocycles. The van der Waals surface area contributed by atoms with Gasteiger partial charge in [-0.25, -0.2) is 0 Å². The van der Waals surface area contributed by atoms with Crippen molar-refractivity contribution in [1.29, 1.82) is 0 Å². The van der Waals surface area contributed by atoms with Crippen LogP contribution in [0, 0.1) is 5.92 Å². The topological polar surface area (TPSA) is 40.5 Å². The zero-order valence-electron chi connectivity index (χ0n) is 9.22. The van der Waals surface area contributed by atoms with E-state index in [9.17, 15) is 4.79 Å². The molecule has 4 heteroatoms. The second kappa shape index (κ2) is 4.89. The van der Waals surface area contributed by atoms with Crippen LogP contribution >= 0.6 is 11.8 Å². The van der Waals surface area contributed by atoms with Crippen molar-refractivity contribution in [1.82, 2.24) is 0 Å². The minimum absolute atomic E-state index is 0.0878. The van der Waals surface area contributed by atoms with Gasteiger partial charge in [0.15, 0.2) is 0 Å². The summed E-state index contributed by atoms with van der Waals surface area (Å²) in [5, 5.41) is 9.07. The van der Waals surface area contributed by atoms with Gasteiger partial charge in [-0.2, -0.15) is 0 Å². The minimum Gasteiger partial charge on any atom is -0.396 e. The number of aliphatic hydroxyl groups excluding tert-OH is 1. The quantitative estimate of drug-likeness (QED) is 0.814. The maximum absolute atomic E-state index is 11.8. The number of hydrogen-bond donors (Lipinski definition) is 1. The third-order valence-corrected chi connectivity index (χ3v) is 3.55. The van der Waals surface area contributed by atoms with Crippen molar-refractivity contribution < 1.29 is 9.90 Å². The molecule has 1 N–H and O–H groups in total. The SMILES string of the molecule is CSc1cccc(N2CC(CO)CC2=O)c1. The third kappa shape index (κ3) is 2.23. The van der Waals surface area contributed by atoms with Crippen molar-refractivity contribution in [2.75, 3.05) is 24.3 Å². The number of thioether (sulfide) groups is 1. The van der Waals surface area contributed by atoms with E-state index in [1.54, 1.807) is 16.7 Å². The van der Waals surface area contributed by atoms with Crippen LogP contribution in [0.5, 0.6) is 0 Å². The molecular weight excluding hydrogens is 222 g/mol. The van der Waals surface area contributed by atoms with Crippen molar-refractivity contribution in [2.45, 2.75) is 11.3 Å². The summed E-state index contributed by atoms with van der Waals surface area (Å²) >= 11 is 1.66. The van der Waals surface area contributed by atoms with Crippen molar-refractivity contribution in [3.63, 3.8) is 0 Å². The average Bonchev–Trinajstić information content (AvgIpc) is 2.71. The van der Waals surface area contributed by atoms with Crippen LogP contribution < -0.4 is 4.90 Å². The number of hydrogen-bond acceptors (Lipinski definition) is 3. The first-order valence-electron chi connectivity index (χ1n) is 5.30. The molecule has 1 aliphatic heterocycles. The van der Waals surface area contributed by atoms with Gasteiger partial charge in [0.2, 0.25) is 5.91 Å². The monoisotopic (exact) mass is 237 g/mol. The van der Waals surface area contributed by atoms with Gasteiger partial charge in [0.25, 0.3) is 0 Å². The lowest BCUT2D eigenvalue weighted by Crippen LogP contribution is -2.24. The highest BCUT2D eigenvalue weighted by Crippen LogP contribution is 2.27. The van der Waals surface area contributed by atoms with Gasteiger partial charge in [0.05, 0.1) is 0 Å². The third-order valence-electron chi connectivity index (χ3n) is 2.83. The van der Waals surface area contributed by atoms with Crippen LogP contribution in [0.2, 0.25) is 0 Å². The van der Waals surface area contributed by atoms with Crippen molar-refractivity contribution in [3.8, 4) is 0 Å². The van der Waals surface area contributed by atoms with Crippen molar-refractivity contribution in [3.05, 3.63) is 24.3 Å². The van der Waals surface area contributed by atoms with Crippen LogP contribution in [0.25, 0.3) is 0 Å². The van der Waals surface area contributed by atoms with Gasteiger partial charge in [-0.3, -0.25) is 4.79 Å². The number of aliphatic hydroxyl groups is 1. The molecule has 86 valence electrons. The van der Waals surface area contributed by atoms with Gasteiger partial charge in [0, 0.05) is 36.1 Å². The van der Waals surface area contributed by atoms with E-state index in [1.165, 1.54) is 0 Å². The maximum atomic E-state index is 11.8. The Morgan fingerprint density at radius 3 is 3.00 bits per heavy atom. The summed E-state index contributed by atoms with van der Waals surface area (Å²) in [6.45, 7) is 0.720. The summed E-state index contributed by atoms with van der Waals surface area (Å²) < 4.78 is 0. The van der Waals surface area contributed by atoms with Gasteiger partial charge in [0.1, 0.15) is 0 Å². The molecule has 3 nitrogen and oxygen atoms in total. The lowest BCUT2D eigenvalue weighted by molar-refractivity contribution is -0.117. The Bertz CT molecular complexity index is 394. The summed E-state index contributed by atoms with van der Waals surface area (Å²) in [4.78, 5) is 14.7. The molecule has 16 heavy (non-hydrogen) atoms. The highest BCUT2D eigenvalue weighted by Gasteiger charge is 2.29. The molecule has 2 rings (SSSR count). The standard InChI is InChI=1S/C12H15NO2S/c1-16-11-4-2-3-10(6-11)13-7-9(8-14)5-12(13)15/h2-4,6,9,14H,5,7-8H2,1H3. The number of carbonyl (C=O) groups is 1. The molecule has 0 radical (unpaired) electrons. The fraction of sp³-hybridized carbons (Fsp3) is 0.417. The predicted octanol–water partition coefficient (Wildman–Crippen LogP) is 1.75. The van der Waals surface area contributed by atoms with Crippen molar-refractivity contribution >= 4 is 23.4 Å². The Hall–Kier alpha value is -1.00. The van der Waals surface area contributed by atoms with Crippen LogP contribution in [-0.2, 0) is 4.79 Å². The first kappa shape index (κ1) is 11.5. The fourth-order valence-corrected chi connectivity index (χ4v) is 2.39. The largest absolute Gasteiger partial charge is 0.396 e. The number of carbonyl (C=O) groups excluding carboxylic acids is 1. The number of amides is 1. The fourth-order valence-electron chi connectivity index (χ4n) is 1.93. The second-order valence-corrected chi connectivity index (χ2v) is 4.84. The van der Waals surface area contributed by atoms with Gasteiger partial charge in [-0.15, -0.1) is 11.8 Å². The summed E-state index contributed by atoms with van der Waals surface area (Å²) in [5.74, 6) is 0.197. The van der Waals surface area contributed by atoms with Gasteiger partial charge in [-0.05, 0) is 24.5 Å². The van der Waals surface area contributed by atoms with E-state index in [4.69, 9.17) is 5.11 Å². The summed E-state index contributed by atoms with van der Waals surface area (Å²) in [7, 11) is 0. The Morgan fingerprint density at radius 2 is 2.38 bits per heavy atom. The smallest absolute Gasteiger partial charge is 0.227 e. The molecule has 0 bridgehead atoms. The minimum atomic E-state index is 0.0878. The molecule has 1 fully saturated rings. The summed E-state index contributed by atoms with van der Waals surface area (Å²) in [5.41, 5.74) is 0.938. The van der Waals surface area contributed by atoms with Crippen LogP contribution in [0.15, 0.2) is 29.2 Å². The number of anilines is 1. The van der Waals surface area contributed by atoms with E-state index in [1.807, 2.05) is 30.5 Å². The molecule has 1 heterocycles. The molecule has 0 aliphatic carbocycles. The molecule has 1 saturated heterocycles. The molecule has 1 aromatic rings. The molecule has 1 aliphatic rings. The molecule has 1 atom stereocenters. The van der Waals surface area contributed by atoms with Gasteiger partial charge in [-0.1, -0.05) is 6.07 Å². The Kier molecular flexibility index (Phi) is 3.51. The van der Waals surface area contributed by atoms with E-state index < -0.39 is 0 Å². The maximum Gasteiger partial charge on any atom is 0.227 e. The zero-order chi connectivity index (χ0) is 11.5.